The summed E-state index contributed by atoms with van der Waals surface area (Å²) in [5.41, 5.74) is 17.2. The summed E-state index contributed by atoms with van der Waals surface area (Å²) in [6.07, 6.45) is 8.14. The summed E-state index contributed by atoms with van der Waals surface area (Å²) in [7, 11) is 0. The SMILES string of the molecule is C=CC(=O)NCCCCOc1c(C(C)(C)C)cc(Cc2c(C)c(Cc3cc(C(C)(C)C)c(O)c(C(C)(C)C)c3)c(C)c(Cc3cc(C(C)(C)C)c(OCCCCNC(=O)C=C)c(C(C)(C)C)c3)c2C)cc1C(C)(C)C. The summed E-state index contributed by atoms with van der Waals surface area (Å²) in [4.78, 5) is 23.6. The van der Waals surface area contributed by atoms with Gasteiger partial charge in [-0.2, -0.15) is 0 Å². The van der Waals surface area contributed by atoms with Gasteiger partial charge in [0.1, 0.15) is 17.2 Å². The van der Waals surface area contributed by atoms with E-state index in [2.05, 4.69) is 206 Å². The first-order valence-corrected chi connectivity index (χ1v) is 27.8. The molecule has 2 amide bonds. The molecule has 0 atom stereocenters. The standard InChI is InChI=1S/C68H100N2O5/c1-24-58(71)69-30-26-28-32-74-61-54(65(12,13)14)39-47(40-55(61)66(15,16)17)35-50-43(3)49(34-46-37-52(63(6,7)8)60(73)53(38-46)64(9,10)11)44(4)51(45(50)5)36-48-41-56(67(18,19)20)62(57(42-48)68(21,22)23)75-33-29-27-31-70-59(72)25-2/h24-25,37-42,73H,1-2,26-36H2,3-23H3,(H,69,71)(H,70,72). The van der Waals surface area contributed by atoms with Crippen molar-refractivity contribution in [2.75, 3.05) is 26.3 Å². The predicted octanol–water partition coefficient (Wildman–Crippen LogP) is 15.8. The lowest BCUT2D eigenvalue weighted by atomic mass is 9.75. The van der Waals surface area contributed by atoms with Gasteiger partial charge in [0.05, 0.1) is 13.2 Å². The maximum absolute atomic E-state index is 11.8. The van der Waals surface area contributed by atoms with Crippen molar-refractivity contribution in [3.05, 3.63) is 145 Å². The number of nitrogens with one attached hydrogen (secondary N) is 2. The van der Waals surface area contributed by atoms with E-state index < -0.39 is 0 Å². The van der Waals surface area contributed by atoms with Crippen LogP contribution in [0, 0.1) is 20.8 Å². The van der Waals surface area contributed by atoms with Crippen molar-refractivity contribution >= 4 is 11.8 Å². The Morgan fingerprint density at radius 1 is 0.440 bits per heavy atom. The van der Waals surface area contributed by atoms with Gasteiger partial charge in [0.15, 0.2) is 0 Å². The predicted molar refractivity (Wildman–Crippen MR) is 318 cm³/mol. The molecular formula is C68H100N2O5. The van der Waals surface area contributed by atoms with Gasteiger partial charge in [0.2, 0.25) is 11.8 Å². The average molecular weight is 1030 g/mol. The van der Waals surface area contributed by atoms with Gasteiger partial charge in [0, 0.05) is 35.3 Å². The van der Waals surface area contributed by atoms with Crippen LogP contribution in [0.4, 0.5) is 0 Å². The Morgan fingerprint density at radius 3 is 0.907 bits per heavy atom. The van der Waals surface area contributed by atoms with Crippen LogP contribution < -0.4 is 20.1 Å². The van der Waals surface area contributed by atoms with Gasteiger partial charge < -0.3 is 25.2 Å². The molecule has 0 bridgehead atoms. The first-order valence-electron chi connectivity index (χ1n) is 27.8. The lowest BCUT2D eigenvalue weighted by Crippen LogP contribution is -2.23. The number of hydrogen-bond acceptors (Lipinski definition) is 5. The molecule has 0 aliphatic rings. The van der Waals surface area contributed by atoms with Crippen LogP contribution in [0.15, 0.2) is 61.7 Å². The second-order valence-corrected chi connectivity index (χ2v) is 27.5. The molecule has 4 aromatic rings. The highest BCUT2D eigenvalue weighted by molar-refractivity contribution is 5.87. The summed E-state index contributed by atoms with van der Waals surface area (Å²) < 4.78 is 13.6. The Hall–Kier alpha value is -5.30. The smallest absolute Gasteiger partial charge is 0.243 e. The van der Waals surface area contributed by atoms with E-state index in [0.717, 1.165) is 67.6 Å². The van der Waals surface area contributed by atoms with Crippen LogP contribution in [0.2, 0.25) is 0 Å². The molecule has 0 fully saturated rings. The molecule has 0 spiro atoms. The summed E-state index contributed by atoms with van der Waals surface area (Å²) in [5.74, 6) is 2.04. The summed E-state index contributed by atoms with van der Waals surface area (Å²) in [6, 6.07) is 14.1. The zero-order valence-corrected chi connectivity index (χ0v) is 50.9. The molecule has 0 saturated carbocycles. The van der Waals surface area contributed by atoms with Gasteiger partial charge in [-0.15, -0.1) is 0 Å². The normalized spacial score (nSPS) is 12.7. The lowest BCUT2D eigenvalue weighted by molar-refractivity contribution is -0.117. The quantitative estimate of drug-likeness (QED) is 0.0605. The molecule has 7 nitrogen and oxygen atoms in total. The van der Waals surface area contributed by atoms with Crippen molar-refractivity contribution in [3.8, 4) is 17.2 Å². The van der Waals surface area contributed by atoms with Crippen molar-refractivity contribution in [1.29, 1.82) is 0 Å². The fraction of sp³-hybridized carbons (Fsp3) is 0.559. The maximum Gasteiger partial charge on any atom is 0.243 e. The number of rotatable bonds is 20. The largest absolute Gasteiger partial charge is 0.507 e. The Kier molecular flexibility index (Phi) is 20.2. The Labute approximate surface area is 456 Å². The van der Waals surface area contributed by atoms with E-state index in [1.54, 1.807) is 0 Å². The molecule has 0 aliphatic carbocycles. The average Bonchev–Trinajstić information content (AvgIpc) is 3.28. The first kappa shape index (κ1) is 62.2. The molecule has 4 rings (SSSR count). The molecule has 0 saturated heterocycles. The molecular weight excluding hydrogens is 925 g/mol. The highest BCUT2D eigenvalue weighted by Crippen LogP contribution is 2.46. The molecule has 0 radical (unpaired) electrons. The highest BCUT2D eigenvalue weighted by atomic mass is 16.5. The van der Waals surface area contributed by atoms with Gasteiger partial charge in [0.25, 0.3) is 0 Å². The van der Waals surface area contributed by atoms with Crippen LogP contribution in [0.1, 0.15) is 234 Å². The fourth-order valence-corrected chi connectivity index (χ4v) is 10.2. The Morgan fingerprint density at radius 2 is 0.680 bits per heavy atom. The van der Waals surface area contributed by atoms with Crippen LogP contribution in [0.25, 0.3) is 0 Å². The van der Waals surface area contributed by atoms with Crippen LogP contribution in [-0.2, 0) is 61.3 Å². The zero-order chi connectivity index (χ0) is 56.8. The third-order valence-corrected chi connectivity index (χ3v) is 14.8. The molecule has 412 valence electrons. The van der Waals surface area contributed by atoms with Gasteiger partial charge in [-0.1, -0.05) is 174 Å². The van der Waals surface area contributed by atoms with E-state index in [1.807, 2.05) is 0 Å². The van der Waals surface area contributed by atoms with E-state index >= 15 is 0 Å². The molecule has 0 unspecified atom stereocenters. The van der Waals surface area contributed by atoms with Gasteiger partial charge in [-0.05, 0) is 172 Å². The number of aromatic hydroxyl groups is 1. The van der Waals surface area contributed by atoms with E-state index in [4.69, 9.17) is 9.47 Å². The number of phenols is 1. The monoisotopic (exact) mass is 1020 g/mol. The van der Waals surface area contributed by atoms with E-state index in [0.29, 0.717) is 32.1 Å². The Balaban J connectivity index is 2.01. The zero-order valence-electron chi connectivity index (χ0n) is 50.9. The molecule has 0 heterocycles. The lowest BCUT2D eigenvalue weighted by Gasteiger charge is -2.32. The number of carbonyl (C=O) groups excluding carboxylic acids is 2. The van der Waals surface area contributed by atoms with Gasteiger partial charge >= 0.3 is 0 Å². The maximum atomic E-state index is 11.8. The Bertz CT molecular complexity index is 2450. The molecule has 75 heavy (non-hydrogen) atoms. The fourth-order valence-electron chi connectivity index (χ4n) is 10.2. The third-order valence-electron chi connectivity index (χ3n) is 14.8. The van der Waals surface area contributed by atoms with Crippen molar-refractivity contribution in [3.63, 3.8) is 0 Å². The number of ether oxygens (including phenoxy) is 2. The second-order valence-electron chi connectivity index (χ2n) is 27.5. The van der Waals surface area contributed by atoms with Gasteiger partial charge in [-0.3, -0.25) is 9.59 Å². The minimum atomic E-state index is -0.253. The molecule has 0 aromatic heterocycles. The minimum absolute atomic E-state index is 0.152. The first-order chi connectivity index (χ1) is 34.4. The third kappa shape index (κ3) is 16.4. The number of benzene rings is 4. The number of unbranched alkanes of at least 4 members (excludes halogenated alkanes) is 2. The number of hydrogen-bond donors (Lipinski definition) is 3. The molecule has 0 aliphatic heterocycles. The second kappa shape index (κ2) is 24.4. The van der Waals surface area contributed by atoms with Crippen LogP contribution in [0.5, 0.6) is 17.2 Å². The van der Waals surface area contributed by atoms with Crippen LogP contribution in [-0.4, -0.2) is 43.2 Å². The number of amides is 2. The van der Waals surface area contributed by atoms with Crippen molar-refractivity contribution < 1.29 is 24.2 Å². The van der Waals surface area contributed by atoms with Crippen molar-refractivity contribution in [2.24, 2.45) is 0 Å². The minimum Gasteiger partial charge on any atom is -0.507 e. The molecule has 7 heteroatoms. The highest BCUT2D eigenvalue weighted by Gasteiger charge is 2.32. The van der Waals surface area contributed by atoms with Crippen LogP contribution >= 0.6 is 0 Å². The summed E-state index contributed by atoms with van der Waals surface area (Å²) in [6.45, 7) is 57.0. The summed E-state index contributed by atoms with van der Waals surface area (Å²) in [5, 5.41) is 17.6. The van der Waals surface area contributed by atoms with Crippen molar-refractivity contribution in [1.82, 2.24) is 10.6 Å². The van der Waals surface area contributed by atoms with Crippen molar-refractivity contribution in [2.45, 2.75) is 223 Å². The van der Waals surface area contributed by atoms with Gasteiger partial charge in [-0.25, -0.2) is 0 Å². The van der Waals surface area contributed by atoms with E-state index in [1.165, 1.54) is 84.5 Å². The number of phenolic OH excluding ortho intramolecular Hbond substituents is 1. The summed E-state index contributed by atoms with van der Waals surface area (Å²) >= 11 is 0. The molecule has 4 aromatic carbocycles. The molecule has 3 N–H and O–H groups in total. The topological polar surface area (TPSA) is 96.9 Å². The number of carbonyl (C=O) groups is 2. The van der Waals surface area contributed by atoms with E-state index in [-0.39, 0.29) is 44.3 Å². The van der Waals surface area contributed by atoms with E-state index in [9.17, 15) is 14.7 Å². The van der Waals surface area contributed by atoms with Crippen LogP contribution in [0.3, 0.4) is 0 Å².